The fraction of sp³-hybridized carbons (Fsp3) is 0.286. The number of carbonyl (C=O) groups excluding carboxylic acids is 1. The third-order valence-corrected chi connectivity index (χ3v) is 4.69. The molecule has 0 bridgehead atoms. The monoisotopic (exact) mass is 356 g/mol. The van der Waals surface area contributed by atoms with E-state index < -0.39 is 11.6 Å². The molecule has 26 heavy (non-hydrogen) atoms. The Morgan fingerprint density at radius 3 is 2.62 bits per heavy atom. The summed E-state index contributed by atoms with van der Waals surface area (Å²) in [5.41, 5.74) is 2.80. The molecule has 0 fully saturated rings. The Labute approximate surface area is 152 Å². The van der Waals surface area contributed by atoms with E-state index in [0.29, 0.717) is 18.7 Å². The Hall–Kier alpha value is -2.53. The number of rotatable bonds is 5. The van der Waals surface area contributed by atoms with Crippen LogP contribution in [0.1, 0.15) is 30.5 Å². The van der Waals surface area contributed by atoms with Crippen LogP contribution in [0.5, 0.6) is 0 Å². The van der Waals surface area contributed by atoms with Crippen LogP contribution < -0.4 is 5.32 Å². The molecule has 0 aromatic heterocycles. The van der Waals surface area contributed by atoms with E-state index in [1.54, 1.807) is 11.8 Å². The Bertz CT molecular complexity index is 805. The molecule has 0 saturated heterocycles. The van der Waals surface area contributed by atoms with E-state index in [1.165, 1.54) is 23.3 Å². The molecular weight excluding hydrogens is 334 g/mol. The van der Waals surface area contributed by atoms with Crippen LogP contribution in [-0.4, -0.2) is 30.4 Å². The van der Waals surface area contributed by atoms with E-state index in [-0.39, 0.29) is 18.5 Å². The van der Waals surface area contributed by atoms with Crippen LogP contribution in [0.25, 0.3) is 5.57 Å². The number of halogens is 2. The third kappa shape index (κ3) is 4.35. The summed E-state index contributed by atoms with van der Waals surface area (Å²) in [6, 6.07) is 13.3. The summed E-state index contributed by atoms with van der Waals surface area (Å²) in [4.78, 5) is 14.2. The van der Waals surface area contributed by atoms with Gasteiger partial charge in [-0.25, -0.2) is 8.78 Å². The van der Waals surface area contributed by atoms with Gasteiger partial charge in [0.25, 0.3) is 0 Å². The number of benzene rings is 2. The average molecular weight is 356 g/mol. The van der Waals surface area contributed by atoms with Crippen LogP contribution in [0, 0.1) is 11.6 Å². The lowest BCUT2D eigenvalue weighted by molar-refractivity contribution is -0.129. The predicted molar refractivity (Wildman–Crippen MR) is 98.4 cm³/mol. The topological polar surface area (TPSA) is 32.3 Å². The smallest absolute Gasteiger partial charge is 0.236 e. The van der Waals surface area contributed by atoms with Crippen molar-refractivity contribution in [3.05, 3.63) is 77.4 Å². The summed E-state index contributed by atoms with van der Waals surface area (Å²) in [6.45, 7) is 3.12. The van der Waals surface area contributed by atoms with Gasteiger partial charge in [0.15, 0.2) is 0 Å². The molecule has 1 N–H and O–H groups in total. The van der Waals surface area contributed by atoms with Crippen molar-refractivity contribution in [3.8, 4) is 0 Å². The first kappa shape index (κ1) is 18.3. The van der Waals surface area contributed by atoms with Crippen LogP contribution >= 0.6 is 0 Å². The molecule has 1 atom stereocenters. The first-order chi connectivity index (χ1) is 12.5. The fourth-order valence-corrected chi connectivity index (χ4v) is 3.12. The molecule has 5 heteroatoms. The summed E-state index contributed by atoms with van der Waals surface area (Å²) < 4.78 is 26.8. The fourth-order valence-electron chi connectivity index (χ4n) is 3.12. The minimum absolute atomic E-state index is 0.0252. The van der Waals surface area contributed by atoms with E-state index in [4.69, 9.17) is 0 Å². The van der Waals surface area contributed by atoms with E-state index in [0.717, 1.165) is 12.5 Å². The average Bonchev–Trinajstić information content (AvgIpc) is 2.66. The standard InChI is InChI=1S/C21H22F2N2O/c1-15(19-8-7-18(22)13-20(19)23)24-14-21(26)25-11-9-17(10-12-25)16-5-3-2-4-6-16/h2-9,13,15,24H,10-12,14H2,1H3/t15-/m1/s1. The second-order valence-electron chi connectivity index (χ2n) is 6.45. The third-order valence-electron chi connectivity index (χ3n) is 4.69. The molecule has 1 aliphatic rings. The summed E-state index contributed by atoms with van der Waals surface area (Å²) in [5, 5.41) is 3.02. The maximum atomic E-state index is 13.8. The summed E-state index contributed by atoms with van der Waals surface area (Å²) in [7, 11) is 0. The van der Waals surface area contributed by atoms with Gasteiger partial charge in [0.1, 0.15) is 11.6 Å². The molecule has 3 nitrogen and oxygen atoms in total. The molecule has 1 heterocycles. The molecule has 1 amide bonds. The largest absolute Gasteiger partial charge is 0.338 e. The van der Waals surface area contributed by atoms with E-state index in [9.17, 15) is 13.6 Å². The SMILES string of the molecule is C[C@@H](NCC(=O)N1CC=C(c2ccccc2)CC1)c1ccc(F)cc1F. The van der Waals surface area contributed by atoms with E-state index >= 15 is 0 Å². The summed E-state index contributed by atoms with van der Waals surface area (Å²) in [5.74, 6) is -1.24. The van der Waals surface area contributed by atoms with Gasteiger partial charge in [-0.15, -0.1) is 0 Å². The maximum absolute atomic E-state index is 13.8. The molecule has 2 aromatic rings. The summed E-state index contributed by atoms with van der Waals surface area (Å²) >= 11 is 0. The maximum Gasteiger partial charge on any atom is 0.236 e. The van der Waals surface area contributed by atoms with Crippen LogP contribution in [0.4, 0.5) is 8.78 Å². The Kier molecular flexibility index (Phi) is 5.78. The lowest BCUT2D eigenvalue weighted by Crippen LogP contribution is -2.41. The first-order valence-corrected chi connectivity index (χ1v) is 8.75. The second-order valence-corrected chi connectivity index (χ2v) is 6.45. The van der Waals surface area contributed by atoms with Crippen LogP contribution in [0.3, 0.4) is 0 Å². The highest BCUT2D eigenvalue weighted by molar-refractivity contribution is 5.80. The molecular formula is C21H22F2N2O. The van der Waals surface area contributed by atoms with Gasteiger partial charge in [0, 0.05) is 30.8 Å². The van der Waals surface area contributed by atoms with Gasteiger partial charge in [-0.3, -0.25) is 4.79 Å². The van der Waals surface area contributed by atoms with Gasteiger partial charge in [0.05, 0.1) is 6.54 Å². The van der Waals surface area contributed by atoms with Crippen molar-refractivity contribution >= 4 is 11.5 Å². The molecule has 2 aromatic carbocycles. The second kappa shape index (κ2) is 8.23. The zero-order valence-corrected chi connectivity index (χ0v) is 14.7. The zero-order chi connectivity index (χ0) is 18.5. The Balaban J connectivity index is 1.54. The number of amides is 1. The molecule has 0 saturated carbocycles. The number of hydrogen-bond acceptors (Lipinski definition) is 2. The van der Waals surface area contributed by atoms with Gasteiger partial charge in [-0.05, 0) is 30.5 Å². The van der Waals surface area contributed by atoms with E-state index in [1.807, 2.05) is 18.2 Å². The van der Waals surface area contributed by atoms with E-state index in [2.05, 4.69) is 23.5 Å². The molecule has 0 unspecified atom stereocenters. The highest BCUT2D eigenvalue weighted by Crippen LogP contribution is 2.22. The zero-order valence-electron chi connectivity index (χ0n) is 14.7. The van der Waals surface area contributed by atoms with Crippen molar-refractivity contribution in [2.75, 3.05) is 19.6 Å². The van der Waals surface area contributed by atoms with Crippen molar-refractivity contribution in [1.82, 2.24) is 10.2 Å². The quantitative estimate of drug-likeness (QED) is 0.880. The van der Waals surface area contributed by atoms with Gasteiger partial charge in [-0.1, -0.05) is 42.5 Å². The number of nitrogens with one attached hydrogen (secondary N) is 1. The lowest BCUT2D eigenvalue weighted by Gasteiger charge is -2.27. The molecule has 0 spiro atoms. The van der Waals surface area contributed by atoms with Crippen molar-refractivity contribution in [1.29, 1.82) is 0 Å². The van der Waals surface area contributed by atoms with Gasteiger partial charge in [-0.2, -0.15) is 0 Å². The van der Waals surface area contributed by atoms with Crippen LogP contribution in [0.15, 0.2) is 54.6 Å². The summed E-state index contributed by atoms with van der Waals surface area (Å²) in [6.07, 6.45) is 2.90. The molecule has 136 valence electrons. The van der Waals surface area contributed by atoms with Crippen molar-refractivity contribution in [2.45, 2.75) is 19.4 Å². The van der Waals surface area contributed by atoms with Crippen molar-refractivity contribution < 1.29 is 13.6 Å². The number of hydrogen-bond donors (Lipinski definition) is 1. The molecule has 0 aliphatic carbocycles. The van der Waals surface area contributed by atoms with Crippen LogP contribution in [-0.2, 0) is 4.79 Å². The normalized spacial score (nSPS) is 15.5. The molecule has 1 aliphatic heterocycles. The Morgan fingerprint density at radius 2 is 1.96 bits per heavy atom. The van der Waals surface area contributed by atoms with Crippen molar-refractivity contribution in [2.24, 2.45) is 0 Å². The van der Waals surface area contributed by atoms with Gasteiger partial charge < -0.3 is 10.2 Å². The van der Waals surface area contributed by atoms with Gasteiger partial charge >= 0.3 is 0 Å². The minimum Gasteiger partial charge on any atom is -0.338 e. The molecule has 3 rings (SSSR count). The highest BCUT2D eigenvalue weighted by Gasteiger charge is 2.19. The lowest BCUT2D eigenvalue weighted by atomic mass is 9.99. The number of carbonyl (C=O) groups is 1. The highest BCUT2D eigenvalue weighted by atomic mass is 19.1. The van der Waals surface area contributed by atoms with Gasteiger partial charge in [0.2, 0.25) is 5.91 Å². The van der Waals surface area contributed by atoms with Crippen molar-refractivity contribution in [3.63, 3.8) is 0 Å². The number of nitrogens with zero attached hydrogens (tertiary/aromatic N) is 1. The minimum atomic E-state index is -0.608. The predicted octanol–water partition coefficient (Wildman–Crippen LogP) is 3.93. The molecule has 0 radical (unpaired) electrons. The Morgan fingerprint density at radius 1 is 1.19 bits per heavy atom. The van der Waals surface area contributed by atoms with Crippen LogP contribution in [0.2, 0.25) is 0 Å². The first-order valence-electron chi connectivity index (χ1n) is 8.75.